The minimum absolute atomic E-state index is 0.510. The van der Waals surface area contributed by atoms with Crippen molar-refractivity contribution in [2.75, 3.05) is 39.9 Å². The summed E-state index contributed by atoms with van der Waals surface area (Å²) in [6, 6.07) is 6.30. The number of ether oxygens (including phenoxy) is 2. The lowest BCUT2D eigenvalue weighted by Crippen LogP contribution is -2.21. The minimum atomic E-state index is 0.510. The first kappa shape index (κ1) is 11.8. The number of rotatable bonds is 2. The van der Waals surface area contributed by atoms with Crippen LogP contribution in [0.15, 0.2) is 18.2 Å². The summed E-state index contributed by atoms with van der Waals surface area (Å²) in [5, 5.41) is 0. The highest BCUT2D eigenvalue weighted by Crippen LogP contribution is 2.37. The molecule has 0 aromatic heterocycles. The van der Waals surface area contributed by atoms with Crippen LogP contribution in [0, 0.1) is 5.92 Å². The van der Waals surface area contributed by atoms with Crippen LogP contribution in [0.1, 0.15) is 11.5 Å². The summed E-state index contributed by atoms with van der Waals surface area (Å²) in [5.41, 5.74) is 7.20. The van der Waals surface area contributed by atoms with Crippen LogP contribution < -0.4 is 15.2 Å². The largest absolute Gasteiger partial charge is 0.486 e. The van der Waals surface area contributed by atoms with Gasteiger partial charge in [-0.2, -0.15) is 0 Å². The number of benzene rings is 1. The van der Waals surface area contributed by atoms with Gasteiger partial charge < -0.3 is 20.1 Å². The highest BCUT2D eigenvalue weighted by Gasteiger charge is 2.31. The van der Waals surface area contributed by atoms with Crippen molar-refractivity contribution in [3.05, 3.63) is 23.8 Å². The number of likely N-dealkylation sites (tertiary alicyclic amines) is 1. The van der Waals surface area contributed by atoms with Crippen LogP contribution in [-0.2, 0) is 0 Å². The molecule has 0 amide bonds. The van der Waals surface area contributed by atoms with Gasteiger partial charge >= 0.3 is 0 Å². The SMILES string of the molecule is CN1CC(CN)C(c2ccc3c(c2)OCCO3)C1. The molecule has 0 bridgehead atoms. The van der Waals surface area contributed by atoms with Crippen molar-refractivity contribution >= 4 is 0 Å². The Labute approximate surface area is 108 Å². The van der Waals surface area contributed by atoms with E-state index >= 15 is 0 Å². The van der Waals surface area contributed by atoms with E-state index in [1.165, 1.54) is 5.56 Å². The molecule has 3 rings (SSSR count). The normalized spacial score (nSPS) is 27.4. The van der Waals surface area contributed by atoms with E-state index in [2.05, 4.69) is 24.1 Å². The number of fused-ring (bicyclic) bond motifs is 1. The zero-order valence-electron chi connectivity index (χ0n) is 10.8. The van der Waals surface area contributed by atoms with E-state index in [0.29, 0.717) is 25.0 Å². The van der Waals surface area contributed by atoms with E-state index in [1.54, 1.807) is 0 Å². The zero-order chi connectivity index (χ0) is 12.5. The summed E-state index contributed by atoms with van der Waals surface area (Å²) < 4.78 is 11.2. The Balaban J connectivity index is 1.87. The molecule has 18 heavy (non-hydrogen) atoms. The summed E-state index contributed by atoms with van der Waals surface area (Å²) >= 11 is 0. The molecule has 2 aliphatic heterocycles. The second kappa shape index (κ2) is 4.78. The van der Waals surface area contributed by atoms with E-state index in [4.69, 9.17) is 15.2 Å². The fraction of sp³-hybridized carbons (Fsp3) is 0.571. The molecule has 2 atom stereocenters. The Hall–Kier alpha value is -1.26. The van der Waals surface area contributed by atoms with E-state index in [0.717, 1.165) is 31.1 Å². The smallest absolute Gasteiger partial charge is 0.161 e. The van der Waals surface area contributed by atoms with Crippen molar-refractivity contribution in [1.29, 1.82) is 0 Å². The summed E-state index contributed by atoms with van der Waals surface area (Å²) in [5.74, 6) is 2.79. The van der Waals surface area contributed by atoms with Gasteiger partial charge in [0.1, 0.15) is 13.2 Å². The third-order valence-electron chi connectivity index (χ3n) is 3.92. The van der Waals surface area contributed by atoms with Crippen LogP contribution in [0.5, 0.6) is 11.5 Å². The molecule has 1 fully saturated rings. The third kappa shape index (κ3) is 2.06. The molecule has 0 saturated carbocycles. The van der Waals surface area contributed by atoms with Gasteiger partial charge in [0.25, 0.3) is 0 Å². The second-order valence-corrected chi connectivity index (χ2v) is 5.23. The summed E-state index contributed by atoms with van der Waals surface area (Å²) in [6.07, 6.45) is 0. The van der Waals surface area contributed by atoms with Gasteiger partial charge in [0.05, 0.1) is 0 Å². The van der Waals surface area contributed by atoms with Crippen molar-refractivity contribution in [2.45, 2.75) is 5.92 Å². The summed E-state index contributed by atoms with van der Waals surface area (Å²) in [7, 11) is 2.15. The molecule has 0 aliphatic carbocycles. The first-order valence-electron chi connectivity index (χ1n) is 6.56. The fourth-order valence-electron chi connectivity index (χ4n) is 2.99. The Morgan fingerprint density at radius 3 is 2.78 bits per heavy atom. The number of nitrogens with zero attached hydrogens (tertiary/aromatic N) is 1. The van der Waals surface area contributed by atoms with Gasteiger partial charge in [-0.15, -0.1) is 0 Å². The minimum Gasteiger partial charge on any atom is -0.486 e. The topological polar surface area (TPSA) is 47.7 Å². The summed E-state index contributed by atoms with van der Waals surface area (Å²) in [6.45, 7) is 4.17. The van der Waals surface area contributed by atoms with Gasteiger partial charge in [0.15, 0.2) is 11.5 Å². The lowest BCUT2D eigenvalue weighted by molar-refractivity contribution is 0.171. The van der Waals surface area contributed by atoms with Crippen molar-refractivity contribution in [2.24, 2.45) is 11.7 Å². The molecule has 2 unspecified atom stereocenters. The molecular formula is C14H20N2O2. The Kier molecular flexibility index (Phi) is 3.14. The number of hydrogen-bond donors (Lipinski definition) is 1. The molecule has 2 aliphatic rings. The highest BCUT2D eigenvalue weighted by atomic mass is 16.6. The fourth-order valence-corrected chi connectivity index (χ4v) is 2.99. The molecule has 1 saturated heterocycles. The Morgan fingerprint density at radius 2 is 2.00 bits per heavy atom. The van der Waals surface area contributed by atoms with Crippen LogP contribution >= 0.6 is 0 Å². The molecule has 2 heterocycles. The third-order valence-corrected chi connectivity index (χ3v) is 3.92. The lowest BCUT2D eigenvalue weighted by atomic mass is 9.89. The average molecular weight is 248 g/mol. The molecule has 1 aromatic carbocycles. The monoisotopic (exact) mass is 248 g/mol. The molecule has 0 radical (unpaired) electrons. The Morgan fingerprint density at radius 1 is 1.22 bits per heavy atom. The molecule has 4 nitrogen and oxygen atoms in total. The number of nitrogens with two attached hydrogens (primary N) is 1. The van der Waals surface area contributed by atoms with E-state index in [9.17, 15) is 0 Å². The second-order valence-electron chi connectivity index (χ2n) is 5.23. The molecule has 1 aromatic rings. The van der Waals surface area contributed by atoms with Crippen LogP contribution in [0.3, 0.4) is 0 Å². The van der Waals surface area contributed by atoms with Crippen molar-refractivity contribution in [3.8, 4) is 11.5 Å². The van der Waals surface area contributed by atoms with Gasteiger partial charge in [0, 0.05) is 19.0 Å². The first-order chi connectivity index (χ1) is 8.78. The number of likely N-dealkylation sites (N-methyl/N-ethyl adjacent to an activating group) is 1. The number of hydrogen-bond acceptors (Lipinski definition) is 4. The first-order valence-corrected chi connectivity index (χ1v) is 6.56. The standard InChI is InChI=1S/C14H20N2O2/c1-16-8-11(7-15)12(9-16)10-2-3-13-14(6-10)18-5-4-17-13/h2-3,6,11-12H,4-5,7-9,15H2,1H3. The molecular weight excluding hydrogens is 228 g/mol. The van der Waals surface area contributed by atoms with Crippen LogP contribution in [-0.4, -0.2) is 44.8 Å². The van der Waals surface area contributed by atoms with E-state index < -0.39 is 0 Å². The van der Waals surface area contributed by atoms with Gasteiger partial charge in [0.2, 0.25) is 0 Å². The summed E-state index contributed by atoms with van der Waals surface area (Å²) in [4.78, 5) is 2.35. The van der Waals surface area contributed by atoms with Crippen molar-refractivity contribution in [1.82, 2.24) is 4.90 Å². The van der Waals surface area contributed by atoms with Gasteiger partial charge in [-0.25, -0.2) is 0 Å². The predicted octanol–water partition coefficient (Wildman–Crippen LogP) is 1.06. The average Bonchev–Trinajstić information content (AvgIpc) is 2.79. The van der Waals surface area contributed by atoms with Gasteiger partial charge in [-0.05, 0) is 37.2 Å². The molecule has 0 spiro atoms. The lowest BCUT2D eigenvalue weighted by Gasteiger charge is -2.22. The quantitative estimate of drug-likeness (QED) is 0.850. The van der Waals surface area contributed by atoms with Gasteiger partial charge in [-0.3, -0.25) is 0 Å². The Bertz CT molecular complexity index is 436. The molecule has 2 N–H and O–H groups in total. The van der Waals surface area contributed by atoms with Crippen LogP contribution in [0.4, 0.5) is 0 Å². The predicted molar refractivity (Wildman–Crippen MR) is 70.2 cm³/mol. The zero-order valence-corrected chi connectivity index (χ0v) is 10.8. The highest BCUT2D eigenvalue weighted by molar-refractivity contribution is 5.45. The van der Waals surface area contributed by atoms with Gasteiger partial charge in [-0.1, -0.05) is 6.07 Å². The van der Waals surface area contributed by atoms with Crippen LogP contribution in [0.25, 0.3) is 0 Å². The maximum Gasteiger partial charge on any atom is 0.161 e. The maximum absolute atomic E-state index is 5.88. The molecule has 4 heteroatoms. The van der Waals surface area contributed by atoms with Crippen molar-refractivity contribution < 1.29 is 9.47 Å². The van der Waals surface area contributed by atoms with Crippen molar-refractivity contribution in [3.63, 3.8) is 0 Å². The van der Waals surface area contributed by atoms with E-state index in [-0.39, 0.29) is 0 Å². The van der Waals surface area contributed by atoms with Crippen LogP contribution in [0.2, 0.25) is 0 Å². The maximum atomic E-state index is 5.88. The molecule has 98 valence electrons. The van der Waals surface area contributed by atoms with E-state index in [1.807, 2.05) is 6.07 Å².